The van der Waals surface area contributed by atoms with E-state index in [9.17, 15) is 29.3 Å². The van der Waals surface area contributed by atoms with Crippen LogP contribution in [0, 0.1) is 0 Å². The number of esters is 2. The Morgan fingerprint density at radius 1 is 0.583 bits per heavy atom. The van der Waals surface area contributed by atoms with Crippen LogP contribution in [0.5, 0.6) is 0 Å². The molecule has 3 atom stereocenters. The average molecular weight is 697 g/mol. The first-order chi connectivity index (χ1) is 23.3. The number of aliphatic hydroxyl groups excluding tert-OH is 2. The Kier molecular flexibility index (Phi) is 31.2. The summed E-state index contributed by atoms with van der Waals surface area (Å²) in [7, 11) is -4.64. The lowest BCUT2D eigenvalue weighted by Crippen LogP contribution is -2.28. The van der Waals surface area contributed by atoms with Gasteiger partial charge in [0.05, 0.1) is 26.4 Å². The van der Waals surface area contributed by atoms with Gasteiger partial charge in [-0.25, -0.2) is 4.57 Å². The number of unbranched alkanes of at least 4 members (excludes halogenated alkanes) is 5. The van der Waals surface area contributed by atoms with Crippen LogP contribution in [-0.4, -0.2) is 65.7 Å². The van der Waals surface area contributed by atoms with Crippen LogP contribution in [0.25, 0.3) is 0 Å². The second-order valence-electron chi connectivity index (χ2n) is 11.1. The minimum atomic E-state index is -4.64. The molecule has 0 aromatic heterocycles. The minimum absolute atomic E-state index is 0.0637. The van der Waals surface area contributed by atoms with E-state index in [-0.39, 0.29) is 12.8 Å². The number of aliphatic hydroxyl groups is 2. The van der Waals surface area contributed by atoms with Gasteiger partial charge in [-0.2, -0.15) is 0 Å². The third-order valence-corrected chi connectivity index (χ3v) is 7.65. The fourth-order valence-corrected chi connectivity index (χ4v) is 4.80. The lowest BCUT2D eigenvalue weighted by molar-refractivity contribution is -0.153. The maximum atomic E-state index is 12.2. The van der Waals surface area contributed by atoms with Crippen molar-refractivity contribution >= 4 is 19.8 Å². The van der Waals surface area contributed by atoms with Gasteiger partial charge in [0.15, 0.2) is 0 Å². The Morgan fingerprint density at radius 2 is 0.979 bits per heavy atom. The quantitative estimate of drug-likeness (QED) is 0.0281. The SMILES string of the molecule is CC/C=C\C/C=C\C/C=C\C/C=C\C/C=C\C/C=C\CCC(=O)OC(CO)COP(=O)(O)OCC(CO)OC(=O)CCCCCCCC. The zero-order chi connectivity index (χ0) is 35.6. The van der Waals surface area contributed by atoms with E-state index in [1.807, 2.05) is 18.2 Å². The Bertz CT molecular complexity index is 1030. The van der Waals surface area contributed by atoms with Crippen molar-refractivity contribution in [2.75, 3.05) is 26.4 Å². The number of hydrogen-bond donors (Lipinski definition) is 3. The van der Waals surface area contributed by atoms with E-state index in [1.54, 1.807) is 0 Å². The van der Waals surface area contributed by atoms with Gasteiger partial charge in [0, 0.05) is 12.8 Å². The van der Waals surface area contributed by atoms with Crippen molar-refractivity contribution in [2.45, 2.75) is 122 Å². The standard InChI is InChI=1S/C37H61O10P/c1-3-5-7-9-11-12-13-14-15-16-17-18-19-20-21-22-23-25-27-29-37(41)47-35(31-39)33-45-48(42,43)44-32-34(30-38)46-36(40)28-26-24-10-8-6-4-2/h5,7,11-12,14-15,17-18,20-21,23,25,34-35,38-39H,3-4,6,8-10,13,16,19,22,24,26-33H2,1-2H3,(H,42,43)/b7-5-,12-11-,15-14-,18-17-,21-20-,25-23-. The molecule has 3 unspecified atom stereocenters. The van der Waals surface area contributed by atoms with Gasteiger partial charge in [0.2, 0.25) is 0 Å². The molecule has 274 valence electrons. The molecule has 0 aliphatic heterocycles. The van der Waals surface area contributed by atoms with Gasteiger partial charge in [-0.3, -0.25) is 18.6 Å². The molecule has 0 aliphatic rings. The topological polar surface area (TPSA) is 149 Å². The molecule has 0 saturated heterocycles. The van der Waals surface area contributed by atoms with Crippen LogP contribution in [0.3, 0.4) is 0 Å². The Labute approximate surface area is 288 Å². The second-order valence-corrected chi connectivity index (χ2v) is 12.6. The smallest absolute Gasteiger partial charge is 0.457 e. The maximum Gasteiger partial charge on any atom is 0.472 e. The van der Waals surface area contributed by atoms with Crippen molar-refractivity contribution < 1.29 is 47.8 Å². The largest absolute Gasteiger partial charge is 0.472 e. The minimum Gasteiger partial charge on any atom is -0.457 e. The van der Waals surface area contributed by atoms with Crippen molar-refractivity contribution in [3.05, 3.63) is 72.9 Å². The van der Waals surface area contributed by atoms with E-state index in [2.05, 4.69) is 68.5 Å². The highest BCUT2D eigenvalue weighted by atomic mass is 31.2. The third kappa shape index (κ3) is 30.7. The number of allylic oxidation sites excluding steroid dienone is 12. The lowest BCUT2D eigenvalue weighted by Gasteiger charge is -2.20. The predicted molar refractivity (Wildman–Crippen MR) is 191 cm³/mol. The number of phosphoric ester groups is 1. The first-order valence-corrected chi connectivity index (χ1v) is 18.9. The fourth-order valence-electron chi connectivity index (χ4n) is 4.02. The molecule has 0 heterocycles. The first kappa shape index (κ1) is 45.4. The van der Waals surface area contributed by atoms with Crippen molar-refractivity contribution in [1.29, 1.82) is 0 Å². The molecule has 0 spiro atoms. The Hall–Kier alpha value is -2.59. The fraction of sp³-hybridized carbons (Fsp3) is 0.622. The Morgan fingerprint density at radius 3 is 1.42 bits per heavy atom. The summed E-state index contributed by atoms with van der Waals surface area (Å²) < 4.78 is 32.1. The molecule has 3 N–H and O–H groups in total. The summed E-state index contributed by atoms with van der Waals surface area (Å²) in [6, 6.07) is 0. The Balaban J connectivity index is 4.13. The molecule has 0 rings (SSSR count). The molecular formula is C37H61O10P. The van der Waals surface area contributed by atoms with Gasteiger partial charge >= 0.3 is 19.8 Å². The molecule has 10 nitrogen and oxygen atoms in total. The highest BCUT2D eigenvalue weighted by Crippen LogP contribution is 2.43. The van der Waals surface area contributed by atoms with Gasteiger partial charge in [-0.1, -0.05) is 119 Å². The number of carbonyl (C=O) groups excluding carboxylic acids is 2. The van der Waals surface area contributed by atoms with Gasteiger partial charge in [0.1, 0.15) is 12.2 Å². The first-order valence-electron chi connectivity index (χ1n) is 17.4. The summed E-state index contributed by atoms with van der Waals surface area (Å²) in [6.45, 7) is 1.88. The van der Waals surface area contributed by atoms with Crippen LogP contribution in [0.2, 0.25) is 0 Å². The summed E-state index contributed by atoms with van der Waals surface area (Å²) in [5.74, 6) is -1.12. The molecule has 0 aliphatic carbocycles. The van der Waals surface area contributed by atoms with Crippen molar-refractivity contribution in [2.24, 2.45) is 0 Å². The van der Waals surface area contributed by atoms with E-state index in [0.717, 1.165) is 70.6 Å². The van der Waals surface area contributed by atoms with Crippen LogP contribution in [0.4, 0.5) is 0 Å². The molecule has 0 bridgehead atoms. The number of ether oxygens (including phenoxy) is 2. The van der Waals surface area contributed by atoms with Crippen molar-refractivity contribution in [3.63, 3.8) is 0 Å². The maximum absolute atomic E-state index is 12.2. The van der Waals surface area contributed by atoms with E-state index in [4.69, 9.17) is 18.5 Å². The van der Waals surface area contributed by atoms with E-state index in [0.29, 0.717) is 12.8 Å². The molecule has 0 amide bonds. The average Bonchev–Trinajstić information content (AvgIpc) is 3.07. The van der Waals surface area contributed by atoms with E-state index >= 15 is 0 Å². The zero-order valence-electron chi connectivity index (χ0n) is 29.2. The second kappa shape index (κ2) is 32.9. The van der Waals surface area contributed by atoms with Gasteiger partial charge in [-0.05, 0) is 51.4 Å². The van der Waals surface area contributed by atoms with Gasteiger partial charge in [0.25, 0.3) is 0 Å². The molecular weight excluding hydrogens is 635 g/mol. The summed E-state index contributed by atoms with van der Waals surface area (Å²) in [6.07, 6.45) is 35.1. The molecule has 11 heteroatoms. The molecule has 0 aromatic rings. The summed E-state index contributed by atoms with van der Waals surface area (Å²) in [5, 5.41) is 18.9. The monoisotopic (exact) mass is 696 g/mol. The zero-order valence-corrected chi connectivity index (χ0v) is 30.1. The van der Waals surface area contributed by atoms with Crippen LogP contribution >= 0.6 is 7.82 Å². The van der Waals surface area contributed by atoms with Gasteiger partial charge < -0.3 is 24.6 Å². The van der Waals surface area contributed by atoms with Gasteiger partial charge in [-0.15, -0.1) is 0 Å². The molecule has 0 aromatic carbocycles. The highest BCUT2D eigenvalue weighted by molar-refractivity contribution is 7.47. The predicted octanol–water partition coefficient (Wildman–Crippen LogP) is 8.16. The molecule has 0 fully saturated rings. The molecule has 0 radical (unpaired) electrons. The normalized spacial score (nSPS) is 15.0. The number of carbonyl (C=O) groups is 2. The van der Waals surface area contributed by atoms with Crippen LogP contribution < -0.4 is 0 Å². The van der Waals surface area contributed by atoms with Crippen LogP contribution in [0.15, 0.2) is 72.9 Å². The van der Waals surface area contributed by atoms with Crippen LogP contribution in [0.1, 0.15) is 110 Å². The number of phosphoric acid groups is 1. The van der Waals surface area contributed by atoms with E-state index in [1.165, 1.54) is 0 Å². The molecule has 0 saturated carbocycles. The van der Waals surface area contributed by atoms with Crippen LogP contribution in [-0.2, 0) is 32.7 Å². The van der Waals surface area contributed by atoms with Crippen molar-refractivity contribution in [1.82, 2.24) is 0 Å². The molecule has 48 heavy (non-hydrogen) atoms. The summed E-state index contributed by atoms with van der Waals surface area (Å²) in [5.41, 5.74) is 0. The highest BCUT2D eigenvalue weighted by Gasteiger charge is 2.27. The number of rotatable bonds is 31. The number of hydrogen-bond acceptors (Lipinski definition) is 9. The lowest BCUT2D eigenvalue weighted by atomic mass is 10.1. The third-order valence-electron chi connectivity index (χ3n) is 6.70. The van der Waals surface area contributed by atoms with Crippen molar-refractivity contribution in [3.8, 4) is 0 Å². The summed E-state index contributed by atoms with van der Waals surface area (Å²) in [4.78, 5) is 34.0. The van der Waals surface area contributed by atoms with E-state index < -0.39 is 58.4 Å². The summed E-state index contributed by atoms with van der Waals surface area (Å²) >= 11 is 0.